The van der Waals surface area contributed by atoms with Crippen LogP contribution < -0.4 is 11.3 Å². The third kappa shape index (κ3) is 3.87. The minimum absolute atomic E-state index is 0.217. The lowest BCUT2D eigenvalue weighted by Gasteiger charge is -2.15. The summed E-state index contributed by atoms with van der Waals surface area (Å²) in [4.78, 5) is 4.29. The summed E-state index contributed by atoms with van der Waals surface area (Å²) < 4.78 is 1.91. The Morgan fingerprint density at radius 2 is 2.11 bits per heavy atom. The van der Waals surface area contributed by atoms with Gasteiger partial charge in [0.1, 0.15) is 12.2 Å². The average molecular weight is 259 g/mol. The third-order valence-corrected chi connectivity index (χ3v) is 3.28. The van der Waals surface area contributed by atoms with Crippen LogP contribution in [0.25, 0.3) is 0 Å². The standard InChI is InChI=1S/C14H21N5/c1-2-19-14(16-11-17-19)10-13(18-15)9-8-12-6-4-3-5-7-12/h3-7,11,13,18H,2,8-10,15H2,1H3. The van der Waals surface area contributed by atoms with Gasteiger partial charge < -0.3 is 0 Å². The van der Waals surface area contributed by atoms with E-state index in [1.54, 1.807) is 6.33 Å². The molecule has 1 atom stereocenters. The number of nitrogens with zero attached hydrogens (tertiary/aromatic N) is 3. The van der Waals surface area contributed by atoms with E-state index in [0.717, 1.165) is 31.6 Å². The SMILES string of the molecule is CCn1ncnc1CC(CCc1ccccc1)NN. The second-order valence-corrected chi connectivity index (χ2v) is 4.58. The van der Waals surface area contributed by atoms with Gasteiger partial charge in [-0.1, -0.05) is 30.3 Å². The normalized spacial score (nSPS) is 12.5. The van der Waals surface area contributed by atoms with E-state index in [9.17, 15) is 0 Å². The fourth-order valence-electron chi connectivity index (χ4n) is 2.16. The van der Waals surface area contributed by atoms with Crippen LogP contribution in [0, 0.1) is 0 Å². The van der Waals surface area contributed by atoms with Crippen molar-refractivity contribution >= 4 is 0 Å². The highest BCUT2D eigenvalue weighted by molar-refractivity contribution is 5.14. The van der Waals surface area contributed by atoms with Crippen LogP contribution in [0.1, 0.15) is 24.7 Å². The number of rotatable bonds is 7. The first-order chi connectivity index (χ1) is 9.33. The fourth-order valence-corrected chi connectivity index (χ4v) is 2.16. The molecule has 0 aliphatic heterocycles. The molecule has 19 heavy (non-hydrogen) atoms. The van der Waals surface area contributed by atoms with E-state index in [-0.39, 0.29) is 6.04 Å². The molecule has 5 heteroatoms. The summed E-state index contributed by atoms with van der Waals surface area (Å²) in [5.41, 5.74) is 4.21. The minimum atomic E-state index is 0.217. The van der Waals surface area contributed by atoms with Gasteiger partial charge in [0, 0.05) is 19.0 Å². The Morgan fingerprint density at radius 3 is 2.79 bits per heavy atom. The van der Waals surface area contributed by atoms with Crippen LogP contribution in [0.3, 0.4) is 0 Å². The van der Waals surface area contributed by atoms with Crippen LogP contribution in [0.4, 0.5) is 0 Å². The van der Waals surface area contributed by atoms with Crippen molar-refractivity contribution in [1.82, 2.24) is 20.2 Å². The molecule has 1 unspecified atom stereocenters. The van der Waals surface area contributed by atoms with Crippen molar-refractivity contribution in [2.75, 3.05) is 0 Å². The van der Waals surface area contributed by atoms with Gasteiger partial charge in [0.25, 0.3) is 0 Å². The van der Waals surface area contributed by atoms with Crippen molar-refractivity contribution in [3.05, 3.63) is 48.0 Å². The van der Waals surface area contributed by atoms with E-state index < -0.39 is 0 Å². The molecular weight excluding hydrogens is 238 g/mol. The van der Waals surface area contributed by atoms with E-state index >= 15 is 0 Å². The predicted octanol–water partition coefficient (Wildman–Crippen LogP) is 1.31. The number of nitrogens with two attached hydrogens (primary N) is 1. The number of hydrogen-bond acceptors (Lipinski definition) is 4. The van der Waals surface area contributed by atoms with Crippen LogP contribution >= 0.6 is 0 Å². The molecule has 0 amide bonds. The van der Waals surface area contributed by atoms with Crippen molar-refractivity contribution in [2.45, 2.75) is 38.8 Å². The Bertz CT molecular complexity index is 480. The van der Waals surface area contributed by atoms with Crippen LogP contribution in [0.15, 0.2) is 36.7 Å². The molecule has 0 fully saturated rings. The van der Waals surface area contributed by atoms with Crippen LogP contribution in [-0.4, -0.2) is 20.8 Å². The van der Waals surface area contributed by atoms with Crippen LogP contribution in [-0.2, 0) is 19.4 Å². The zero-order chi connectivity index (χ0) is 13.5. The van der Waals surface area contributed by atoms with Crippen molar-refractivity contribution < 1.29 is 0 Å². The molecule has 0 aliphatic rings. The molecular formula is C14H21N5. The maximum Gasteiger partial charge on any atom is 0.138 e. The molecule has 3 N–H and O–H groups in total. The highest BCUT2D eigenvalue weighted by atomic mass is 15.3. The van der Waals surface area contributed by atoms with Crippen molar-refractivity contribution in [2.24, 2.45) is 5.84 Å². The Labute approximate surface area is 113 Å². The second kappa shape index (κ2) is 7.01. The maximum atomic E-state index is 5.64. The number of benzene rings is 1. The molecule has 102 valence electrons. The summed E-state index contributed by atoms with van der Waals surface area (Å²) in [5, 5.41) is 4.18. The van der Waals surface area contributed by atoms with Crippen LogP contribution in [0.2, 0.25) is 0 Å². The number of aromatic nitrogens is 3. The van der Waals surface area contributed by atoms with Gasteiger partial charge in [-0.15, -0.1) is 0 Å². The summed E-state index contributed by atoms with van der Waals surface area (Å²) in [6.45, 7) is 2.90. The molecule has 0 bridgehead atoms. The lowest BCUT2D eigenvalue weighted by Crippen LogP contribution is -2.37. The highest BCUT2D eigenvalue weighted by Crippen LogP contribution is 2.08. The van der Waals surface area contributed by atoms with E-state index in [4.69, 9.17) is 5.84 Å². The van der Waals surface area contributed by atoms with Gasteiger partial charge in [0.05, 0.1) is 0 Å². The lowest BCUT2D eigenvalue weighted by molar-refractivity contribution is 0.466. The zero-order valence-electron chi connectivity index (χ0n) is 11.3. The van der Waals surface area contributed by atoms with E-state index in [1.165, 1.54) is 5.56 Å². The largest absolute Gasteiger partial charge is 0.271 e. The maximum absolute atomic E-state index is 5.64. The lowest BCUT2D eigenvalue weighted by atomic mass is 10.0. The first-order valence-corrected chi connectivity index (χ1v) is 6.70. The monoisotopic (exact) mass is 259 g/mol. The van der Waals surface area contributed by atoms with Gasteiger partial charge >= 0.3 is 0 Å². The molecule has 0 radical (unpaired) electrons. The molecule has 0 aliphatic carbocycles. The fraction of sp³-hybridized carbons (Fsp3) is 0.429. The number of nitrogens with one attached hydrogen (secondary N) is 1. The molecule has 0 saturated carbocycles. The molecule has 0 spiro atoms. The number of hydrazine groups is 1. The smallest absolute Gasteiger partial charge is 0.138 e. The molecule has 0 saturated heterocycles. The topological polar surface area (TPSA) is 68.8 Å². The van der Waals surface area contributed by atoms with Gasteiger partial charge in [0.15, 0.2) is 0 Å². The Kier molecular flexibility index (Phi) is 5.06. The first kappa shape index (κ1) is 13.7. The van der Waals surface area contributed by atoms with E-state index in [0.29, 0.717) is 0 Å². The Balaban J connectivity index is 1.90. The van der Waals surface area contributed by atoms with Crippen molar-refractivity contribution in [1.29, 1.82) is 0 Å². The summed E-state index contributed by atoms with van der Waals surface area (Å²) in [6, 6.07) is 10.7. The predicted molar refractivity (Wildman–Crippen MR) is 75.3 cm³/mol. The highest BCUT2D eigenvalue weighted by Gasteiger charge is 2.12. The summed E-state index contributed by atoms with van der Waals surface area (Å²) in [6.07, 6.45) is 4.40. The Morgan fingerprint density at radius 1 is 1.32 bits per heavy atom. The second-order valence-electron chi connectivity index (χ2n) is 4.58. The van der Waals surface area contributed by atoms with Crippen molar-refractivity contribution in [3.8, 4) is 0 Å². The molecule has 1 aromatic carbocycles. The Hall–Kier alpha value is -1.72. The molecule has 1 aromatic heterocycles. The van der Waals surface area contributed by atoms with E-state index in [2.05, 4.69) is 46.7 Å². The number of aryl methyl sites for hydroxylation is 2. The summed E-state index contributed by atoms with van der Waals surface area (Å²) in [5.74, 6) is 6.62. The average Bonchev–Trinajstić information content (AvgIpc) is 2.91. The minimum Gasteiger partial charge on any atom is -0.271 e. The van der Waals surface area contributed by atoms with Gasteiger partial charge in [0.2, 0.25) is 0 Å². The summed E-state index contributed by atoms with van der Waals surface area (Å²) >= 11 is 0. The third-order valence-electron chi connectivity index (χ3n) is 3.28. The molecule has 5 nitrogen and oxygen atoms in total. The first-order valence-electron chi connectivity index (χ1n) is 6.70. The quantitative estimate of drug-likeness (QED) is 0.581. The van der Waals surface area contributed by atoms with Gasteiger partial charge in [-0.05, 0) is 25.3 Å². The molecule has 2 aromatic rings. The van der Waals surface area contributed by atoms with Crippen LogP contribution in [0.5, 0.6) is 0 Å². The van der Waals surface area contributed by atoms with Crippen molar-refractivity contribution in [3.63, 3.8) is 0 Å². The van der Waals surface area contributed by atoms with Gasteiger partial charge in [-0.2, -0.15) is 5.10 Å². The van der Waals surface area contributed by atoms with Gasteiger partial charge in [-0.25, -0.2) is 4.98 Å². The molecule has 2 rings (SSSR count). The van der Waals surface area contributed by atoms with Gasteiger partial charge in [-0.3, -0.25) is 16.0 Å². The number of hydrogen-bond donors (Lipinski definition) is 2. The zero-order valence-corrected chi connectivity index (χ0v) is 11.3. The summed E-state index contributed by atoms with van der Waals surface area (Å²) in [7, 11) is 0. The molecule has 1 heterocycles. The van der Waals surface area contributed by atoms with E-state index in [1.807, 2.05) is 10.7 Å².